The summed E-state index contributed by atoms with van der Waals surface area (Å²) in [6, 6.07) is 11.6. The molecular weight excluding hydrogens is 466 g/mol. The smallest absolute Gasteiger partial charge is 0.254 e. The lowest BCUT2D eigenvalue weighted by atomic mass is 9.79. The number of amides is 2. The fraction of sp³-hybridized carbons (Fsp3) is 0.200. The van der Waals surface area contributed by atoms with Gasteiger partial charge in [-0.3, -0.25) is 9.59 Å². The molecule has 1 heterocycles. The first-order chi connectivity index (χ1) is 16.3. The predicted molar refractivity (Wildman–Crippen MR) is 124 cm³/mol. The number of rotatable bonds is 5. The second-order valence-corrected chi connectivity index (χ2v) is 8.18. The van der Waals surface area contributed by atoms with Gasteiger partial charge in [0.25, 0.3) is 5.91 Å². The van der Waals surface area contributed by atoms with Crippen molar-refractivity contribution in [2.45, 2.75) is 12.0 Å². The second kappa shape index (κ2) is 9.30. The number of methoxy groups -OCH3 is 2. The SMILES string of the molecule is COc1cc2c(cc1OC)C(C(=O)Nc1ccc(F)cc1Cl)C(c1ccccc1F)N(C)C2=O. The highest BCUT2D eigenvalue weighted by Gasteiger charge is 2.44. The molecule has 0 fully saturated rings. The van der Waals surface area contributed by atoms with Crippen molar-refractivity contribution in [1.82, 2.24) is 4.90 Å². The maximum Gasteiger partial charge on any atom is 0.254 e. The number of hydrogen-bond donors (Lipinski definition) is 1. The molecule has 9 heteroatoms. The minimum Gasteiger partial charge on any atom is -0.493 e. The molecule has 0 radical (unpaired) electrons. The number of nitrogens with zero attached hydrogens (tertiary/aromatic N) is 1. The van der Waals surface area contributed by atoms with E-state index in [4.69, 9.17) is 21.1 Å². The van der Waals surface area contributed by atoms with Gasteiger partial charge in [-0.1, -0.05) is 29.8 Å². The van der Waals surface area contributed by atoms with Crippen LogP contribution in [-0.4, -0.2) is 38.0 Å². The van der Waals surface area contributed by atoms with E-state index in [-0.39, 0.29) is 21.8 Å². The number of nitrogens with one attached hydrogen (secondary N) is 1. The van der Waals surface area contributed by atoms with Crippen molar-refractivity contribution in [3.05, 3.63) is 87.9 Å². The topological polar surface area (TPSA) is 67.9 Å². The molecule has 0 saturated heterocycles. The third kappa shape index (κ3) is 4.05. The summed E-state index contributed by atoms with van der Waals surface area (Å²) in [5.74, 6) is -2.51. The molecular formula is C25H21ClF2N2O4. The quantitative estimate of drug-likeness (QED) is 0.539. The molecule has 3 aromatic rings. The van der Waals surface area contributed by atoms with E-state index in [0.29, 0.717) is 17.1 Å². The zero-order chi connectivity index (χ0) is 24.6. The highest BCUT2D eigenvalue weighted by Crippen LogP contribution is 2.46. The van der Waals surface area contributed by atoms with Gasteiger partial charge in [0.05, 0.1) is 36.9 Å². The Labute approximate surface area is 200 Å². The van der Waals surface area contributed by atoms with Crippen molar-refractivity contribution in [3.8, 4) is 11.5 Å². The summed E-state index contributed by atoms with van der Waals surface area (Å²) in [5.41, 5.74) is 0.911. The van der Waals surface area contributed by atoms with Crippen LogP contribution in [0.1, 0.15) is 33.4 Å². The Morgan fingerprint density at radius 1 is 1.00 bits per heavy atom. The standard InChI is InChI=1S/C25H21ClF2N2O4/c1-30-23(14-6-4-5-7-18(14)28)22(24(31)29-19-9-8-13(27)10-17(19)26)15-11-20(33-2)21(34-3)12-16(15)25(30)32/h4-12,22-23H,1-3H3,(H,29,31). The van der Waals surface area contributed by atoms with Gasteiger partial charge in [-0.05, 0) is 42.0 Å². The molecule has 1 N–H and O–H groups in total. The van der Waals surface area contributed by atoms with Gasteiger partial charge in [-0.15, -0.1) is 0 Å². The van der Waals surface area contributed by atoms with Gasteiger partial charge in [-0.25, -0.2) is 8.78 Å². The van der Waals surface area contributed by atoms with Crippen LogP contribution < -0.4 is 14.8 Å². The lowest BCUT2D eigenvalue weighted by Gasteiger charge is -2.40. The number of fused-ring (bicyclic) bond motifs is 1. The summed E-state index contributed by atoms with van der Waals surface area (Å²) in [6.07, 6.45) is 0. The van der Waals surface area contributed by atoms with E-state index in [1.54, 1.807) is 12.1 Å². The molecule has 3 aromatic carbocycles. The second-order valence-electron chi connectivity index (χ2n) is 7.77. The molecule has 0 spiro atoms. The Morgan fingerprint density at radius 2 is 1.68 bits per heavy atom. The molecule has 0 aromatic heterocycles. The molecule has 176 valence electrons. The maximum absolute atomic E-state index is 14.9. The monoisotopic (exact) mass is 486 g/mol. The lowest BCUT2D eigenvalue weighted by molar-refractivity contribution is -0.119. The Kier molecular flexibility index (Phi) is 6.43. The van der Waals surface area contributed by atoms with Crippen molar-refractivity contribution >= 4 is 29.1 Å². The number of ether oxygens (including phenoxy) is 2. The van der Waals surface area contributed by atoms with Crippen LogP contribution in [0.15, 0.2) is 54.6 Å². The summed E-state index contributed by atoms with van der Waals surface area (Å²) >= 11 is 6.11. The number of hydrogen-bond acceptors (Lipinski definition) is 4. The first-order valence-electron chi connectivity index (χ1n) is 10.3. The zero-order valence-electron chi connectivity index (χ0n) is 18.6. The zero-order valence-corrected chi connectivity index (χ0v) is 19.3. The Bertz CT molecular complexity index is 1280. The van der Waals surface area contributed by atoms with Crippen LogP contribution in [0.3, 0.4) is 0 Å². The number of carbonyl (C=O) groups excluding carboxylic acids is 2. The Hall–Kier alpha value is -3.65. The fourth-order valence-electron chi connectivity index (χ4n) is 4.24. The minimum absolute atomic E-state index is 0.00330. The van der Waals surface area contributed by atoms with Crippen molar-refractivity contribution in [2.24, 2.45) is 0 Å². The van der Waals surface area contributed by atoms with Gasteiger partial charge in [0.1, 0.15) is 11.6 Å². The van der Waals surface area contributed by atoms with Crippen LogP contribution >= 0.6 is 11.6 Å². The number of benzene rings is 3. The van der Waals surface area contributed by atoms with Crippen molar-refractivity contribution in [3.63, 3.8) is 0 Å². The van der Waals surface area contributed by atoms with Gasteiger partial charge >= 0.3 is 0 Å². The summed E-state index contributed by atoms with van der Waals surface area (Å²) in [6.45, 7) is 0. The summed E-state index contributed by atoms with van der Waals surface area (Å²) < 4.78 is 39.1. The van der Waals surface area contributed by atoms with Crippen LogP contribution in [0.25, 0.3) is 0 Å². The van der Waals surface area contributed by atoms with E-state index < -0.39 is 35.4 Å². The highest BCUT2D eigenvalue weighted by molar-refractivity contribution is 6.33. The first kappa shape index (κ1) is 23.5. The molecule has 2 amide bonds. The summed E-state index contributed by atoms with van der Waals surface area (Å²) in [5, 5.41) is 2.70. The Balaban J connectivity index is 1.91. The molecule has 1 aliphatic heterocycles. The van der Waals surface area contributed by atoms with Crippen LogP contribution in [0.2, 0.25) is 5.02 Å². The van der Waals surface area contributed by atoms with Crippen LogP contribution in [0, 0.1) is 11.6 Å². The fourth-order valence-corrected chi connectivity index (χ4v) is 4.45. The number of carbonyl (C=O) groups is 2. The first-order valence-corrected chi connectivity index (χ1v) is 10.7. The van der Waals surface area contributed by atoms with Gasteiger partial charge in [0.2, 0.25) is 5.91 Å². The van der Waals surface area contributed by atoms with E-state index in [0.717, 1.165) is 12.1 Å². The molecule has 34 heavy (non-hydrogen) atoms. The molecule has 0 saturated carbocycles. The normalized spacial score (nSPS) is 17.2. The summed E-state index contributed by atoms with van der Waals surface area (Å²) in [7, 11) is 4.37. The predicted octanol–water partition coefficient (Wildman–Crippen LogP) is 5.18. The molecule has 4 rings (SSSR count). The van der Waals surface area contributed by atoms with E-state index in [2.05, 4.69) is 5.32 Å². The third-order valence-electron chi connectivity index (χ3n) is 5.87. The molecule has 1 aliphatic rings. The van der Waals surface area contributed by atoms with Crippen LogP contribution in [0.4, 0.5) is 14.5 Å². The van der Waals surface area contributed by atoms with Crippen molar-refractivity contribution in [2.75, 3.05) is 26.6 Å². The van der Waals surface area contributed by atoms with Crippen molar-refractivity contribution < 1.29 is 27.8 Å². The largest absolute Gasteiger partial charge is 0.493 e. The lowest BCUT2D eigenvalue weighted by Crippen LogP contribution is -2.44. The van der Waals surface area contributed by atoms with E-state index in [1.165, 1.54) is 56.5 Å². The van der Waals surface area contributed by atoms with E-state index in [1.807, 2.05) is 0 Å². The molecule has 0 aliphatic carbocycles. The molecule has 2 atom stereocenters. The maximum atomic E-state index is 14.9. The summed E-state index contributed by atoms with van der Waals surface area (Å²) in [4.78, 5) is 28.3. The van der Waals surface area contributed by atoms with Gasteiger partial charge in [0, 0.05) is 18.2 Å². The minimum atomic E-state index is -1.05. The van der Waals surface area contributed by atoms with Gasteiger partial charge in [-0.2, -0.15) is 0 Å². The average molecular weight is 487 g/mol. The third-order valence-corrected chi connectivity index (χ3v) is 6.18. The molecule has 2 unspecified atom stereocenters. The number of likely N-dealkylation sites (N-methyl/N-ethyl adjacent to an activating group) is 1. The Morgan fingerprint density at radius 3 is 2.32 bits per heavy atom. The molecule has 0 bridgehead atoms. The highest BCUT2D eigenvalue weighted by atomic mass is 35.5. The molecule has 6 nitrogen and oxygen atoms in total. The average Bonchev–Trinajstić information content (AvgIpc) is 2.82. The van der Waals surface area contributed by atoms with Gasteiger partial charge < -0.3 is 19.7 Å². The van der Waals surface area contributed by atoms with Gasteiger partial charge in [0.15, 0.2) is 11.5 Å². The van der Waals surface area contributed by atoms with Crippen molar-refractivity contribution in [1.29, 1.82) is 0 Å². The number of anilines is 1. The van der Waals surface area contributed by atoms with E-state index >= 15 is 0 Å². The van der Waals surface area contributed by atoms with Crippen LogP contribution in [0.5, 0.6) is 11.5 Å². The van der Waals surface area contributed by atoms with E-state index in [9.17, 15) is 18.4 Å². The van der Waals surface area contributed by atoms with Crippen LogP contribution in [-0.2, 0) is 4.79 Å². The number of halogens is 3.